The van der Waals surface area contributed by atoms with Crippen LogP contribution in [0.2, 0.25) is 5.02 Å². The summed E-state index contributed by atoms with van der Waals surface area (Å²) in [5.41, 5.74) is 10.4. The van der Waals surface area contributed by atoms with Crippen LogP contribution < -0.4 is 5.73 Å². The average Bonchev–Trinajstić information content (AvgIpc) is 3.24. The molecule has 194 valence electrons. The quantitative estimate of drug-likeness (QED) is 0.440. The van der Waals surface area contributed by atoms with Crippen molar-refractivity contribution in [2.45, 2.75) is 63.2 Å². The molecule has 0 bridgehead atoms. The van der Waals surface area contributed by atoms with Crippen molar-refractivity contribution < 1.29 is 19.7 Å². The fraction of sp³-hybridized carbons (Fsp3) is 0.483. The van der Waals surface area contributed by atoms with Gasteiger partial charge in [-0.15, -0.1) is 0 Å². The Morgan fingerprint density at radius 2 is 2.08 bits per heavy atom. The molecule has 0 spiro atoms. The zero-order valence-corrected chi connectivity index (χ0v) is 21.6. The highest BCUT2D eigenvalue weighted by Gasteiger charge is 2.39. The largest absolute Gasteiger partial charge is 0.516 e. The number of hydrogen-bond donors (Lipinski definition) is 3. The summed E-state index contributed by atoms with van der Waals surface area (Å²) < 4.78 is 6.29. The van der Waals surface area contributed by atoms with Crippen LogP contribution in [0.4, 0.5) is 0 Å². The Morgan fingerprint density at radius 1 is 1.28 bits per heavy atom. The van der Waals surface area contributed by atoms with Crippen LogP contribution in [0.5, 0.6) is 0 Å². The number of allylic oxidation sites excluding steroid dienone is 1. The molecule has 1 saturated heterocycles. The Hall–Kier alpha value is -2.38. The highest BCUT2D eigenvalue weighted by Crippen LogP contribution is 2.40. The molecule has 1 aliphatic heterocycles. The number of aliphatic hydroxyl groups excluding tert-OH is 2. The van der Waals surface area contributed by atoms with Crippen LogP contribution in [-0.4, -0.2) is 59.0 Å². The minimum absolute atomic E-state index is 0.0350. The molecule has 0 aromatic heterocycles. The molecule has 5 atom stereocenters. The van der Waals surface area contributed by atoms with Crippen LogP contribution in [0.1, 0.15) is 49.7 Å². The third-order valence-electron chi connectivity index (χ3n) is 7.60. The molecule has 2 aromatic carbocycles. The van der Waals surface area contributed by atoms with Crippen molar-refractivity contribution in [1.29, 1.82) is 0 Å². The maximum Gasteiger partial charge on any atom is 0.226 e. The minimum atomic E-state index is -0.623. The molecule has 5 unspecified atom stereocenters. The smallest absolute Gasteiger partial charge is 0.226 e. The van der Waals surface area contributed by atoms with Crippen molar-refractivity contribution >= 4 is 17.5 Å². The normalized spacial score (nSPS) is 25.4. The van der Waals surface area contributed by atoms with Crippen molar-refractivity contribution in [1.82, 2.24) is 4.90 Å². The lowest BCUT2D eigenvalue weighted by Gasteiger charge is -2.39. The second-order valence-corrected chi connectivity index (χ2v) is 10.3. The molecule has 2 fully saturated rings. The summed E-state index contributed by atoms with van der Waals surface area (Å²) in [5, 5.41) is 20.0. The summed E-state index contributed by atoms with van der Waals surface area (Å²) in [6.45, 7) is 3.58. The van der Waals surface area contributed by atoms with Gasteiger partial charge in [0.15, 0.2) is 0 Å². The Labute approximate surface area is 218 Å². The average molecular weight is 513 g/mol. The molecule has 7 heteroatoms. The Balaban J connectivity index is 1.65. The maximum atomic E-state index is 13.3. The summed E-state index contributed by atoms with van der Waals surface area (Å²) in [6.07, 6.45) is 5.23. The van der Waals surface area contributed by atoms with Gasteiger partial charge in [0.1, 0.15) is 0 Å². The molecule has 4 N–H and O–H groups in total. The van der Waals surface area contributed by atoms with Gasteiger partial charge in [-0.05, 0) is 54.9 Å². The second kappa shape index (κ2) is 12.2. The number of benzene rings is 2. The zero-order chi connectivity index (χ0) is 25.7. The number of ether oxygens (including phenoxy) is 1. The van der Waals surface area contributed by atoms with E-state index in [1.807, 2.05) is 17.0 Å². The number of nitrogens with two attached hydrogens (primary N) is 1. The number of carbonyl (C=O) groups excluding carboxylic acids is 1. The van der Waals surface area contributed by atoms with Crippen LogP contribution in [0, 0.1) is 5.92 Å². The van der Waals surface area contributed by atoms with Gasteiger partial charge in [-0.2, -0.15) is 0 Å². The molecule has 1 aliphatic carbocycles. The number of morpholine rings is 1. The van der Waals surface area contributed by atoms with Crippen molar-refractivity contribution in [3.63, 3.8) is 0 Å². The predicted molar refractivity (Wildman–Crippen MR) is 143 cm³/mol. The fourth-order valence-electron chi connectivity index (χ4n) is 5.62. The third-order valence-corrected chi connectivity index (χ3v) is 7.91. The van der Waals surface area contributed by atoms with Crippen LogP contribution in [0.25, 0.3) is 11.1 Å². The van der Waals surface area contributed by atoms with E-state index in [2.05, 4.69) is 37.3 Å². The molecule has 2 aliphatic rings. The summed E-state index contributed by atoms with van der Waals surface area (Å²) in [4.78, 5) is 15.2. The SMILES string of the molecule is CCc1cccc(-c2c(Cl)cccc2C(CCC=CO)C2CN(C(=O)C3CC(N)C(O)C3)CCO2)c1. The summed E-state index contributed by atoms with van der Waals surface area (Å²) in [6, 6.07) is 14.1. The third kappa shape index (κ3) is 5.94. The minimum Gasteiger partial charge on any atom is -0.516 e. The van der Waals surface area contributed by atoms with E-state index in [4.69, 9.17) is 22.1 Å². The monoisotopic (exact) mass is 512 g/mol. The van der Waals surface area contributed by atoms with Gasteiger partial charge in [-0.1, -0.05) is 61.0 Å². The highest BCUT2D eigenvalue weighted by atomic mass is 35.5. The first kappa shape index (κ1) is 26.7. The van der Waals surface area contributed by atoms with Crippen molar-refractivity contribution in [2.24, 2.45) is 11.7 Å². The lowest BCUT2D eigenvalue weighted by molar-refractivity contribution is -0.144. The first-order chi connectivity index (χ1) is 17.4. The lowest BCUT2D eigenvalue weighted by Crippen LogP contribution is -2.49. The molecule has 36 heavy (non-hydrogen) atoms. The molecule has 4 rings (SSSR count). The summed E-state index contributed by atoms with van der Waals surface area (Å²) in [5.74, 6) is -0.235. The Morgan fingerprint density at radius 3 is 2.81 bits per heavy atom. The summed E-state index contributed by atoms with van der Waals surface area (Å²) >= 11 is 6.80. The topological polar surface area (TPSA) is 96.0 Å². The number of nitrogens with zero attached hydrogens (tertiary/aromatic N) is 1. The highest BCUT2D eigenvalue weighted by molar-refractivity contribution is 6.33. The van der Waals surface area contributed by atoms with Crippen LogP contribution in [0.15, 0.2) is 54.8 Å². The van der Waals surface area contributed by atoms with Crippen molar-refractivity contribution in [3.8, 4) is 11.1 Å². The van der Waals surface area contributed by atoms with E-state index in [0.717, 1.165) is 35.8 Å². The molecular weight excluding hydrogens is 476 g/mol. The van der Waals surface area contributed by atoms with Gasteiger partial charge in [0.05, 0.1) is 25.1 Å². The lowest BCUT2D eigenvalue weighted by atomic mass is 9.83. The molecule has 1 amide bonds. The number of rotatable bonds is 8. The second-order valence-electron chi connectivity index (χ2n) is 9.92. The van der Waals surface area contributed by atoms with Gasteiger partial charge < -0.3 is 25.6 Å². The Bertz CT molecular complexity index is 1060. The van der Waals surface area contributed by atoms with Gasteiger partial charge in [0.2, 0.25) is 5.91 Å². The number of hydrogen-bond acceptors (Lipinski definition) is 5. The van der Waals surface area contributed by atoms with E-state index < -0.39 is 6.10 Å². The Kier molecular flexibility index (Phi) is 9.07. The molecule has 6 nitrogen and oxygen atoms in total. The molecular formula is C29H37ClN2O4. The van der Waals surface area contributed by atoms with Crippen LogP contribution in [0.3, 0.4) is 0 Å². The van der Waals surface area contributed by atoms with E-state index in [-0.39, 0.29) is 29.9 Å². The molecule has 1 saturated carbocycles. The van der Waals surface area contributed by atoms with E-state index in [1.54, 1.807) is 6.08 Å². The summed E-state index contributed by atoms with van der Waals surface area (Å²) in [7, 11) is 0. The van der Waals surface area contributed by atoms with Gasteiger partial charge in [-0.25, -0.2) is 0 Å². The van der Waals surface area contributed by atoms with E-state index in [1.165, 1.54) is 5.56 Å². The van der Waals surface area contributed by atoms with Crippen molar-refractivity contribution in [2.75, 3.05) is 19.7 Å². The predicted octanol–water partition coefficient (Wildman–Crippen LogP) is 4.83. The van der Waals surface area contributed by atoms with E-state index in [0.29, 0.717) is 44.0 Å². The fourth-order valence-corrected chi connectivity index (χ4v) is 5.91. The molecule has 2 aromatic rings. The van der Waals surface area contributed by atoms with E-state index >= 15 is 0 Å². The van der Waals surface area contributed by atoms with Gasteiger partial charge in [0.25, 0.3) is 0 Å². The molecule has 0 radical (unpaired) electrons. The van der Waals surface area contributed by atoms with Gasteiger partial charge >= 0.3 is 0 Å². The number of aryl methyl sites for hydroxylation is 1. The number of amides is 1. The van der Waals surface area contributed by atoms with Crippen molar-refractivity contribution in [3.05, 3.63) is 71.0 Å². The number of aliphatic hydroxyl groups is 2. The van der Waals surface area contributed by atoms with E-state index in [9.17, 15) is 15.0 Å². The first-order valence-electron chi connectivity index (χ1n) is 12.9. The van der Waals surface area contributed by atoms with Gasteiger partial charge in [0, 0.05) is 41.6 Å². The van der Waals surface area contributed by atoms with Crippen LogP contribution in [-0.2, 0) is 16.0 Å². The molecule has 1 heterocycles. The standard InChI is InChI=1S/C29H37ClN2O4/c1-2-19-7-5-8-20(15-19)28-23(10-6-11-24(28)30)22(9-3-4-13-33)27-18-32(12-14-36-27)29(35)21-16-25(31)26(34)17-21/h4-8,10-11,13,15,21-22,25-27,33-34H,2-3,9,12,14,16-18,31H2,1H3. The first-order valence-corrected chi connectivity index (χ1v) is 13.3. The number of halogens is 1. The van der Waals surface area contributed by atoms with Crippen LogP contribution >= 0.6 is 11.6 Å². The zero-order valence-electron chi connectivity index (χ0n) is 20.9. The maximum absolute atomic E-state index is 13.3. The van der Waals surface area contributed by atoms with Gasteiger partial charge in [-0.3, -0.25) is 4.79 Å². The number of carbonyl (C=O) groups is 1.